The maximum atomic E-state index is 13.5. The molecule has 2 aromatic rings. The number of nitrogens with one attached hydrogen (secondary N) is 2. The fraction of sp³-hybridized carbons (Fsp3) is 0.433. The number of carbonyl (C=O) groups excluding carboxylic acids is 4. The second kappa shape index (κ2) is 14.0. The molecule has 224 valence electrons. The van der Waals surface area contributed by atoms with Gasteiger partial charge in [0.1, 0.15) is 5.00 Å². The summed E-state index contributed by atoms with van der Waals surface area (Å²) in [6, 6.07) is 7.09. The Labute approximate surface area is 252 Å². The molecule has 0 radical (unpaired) electrons. The van der Waals surface area contributed by atoms with Crippen LogP contribution in [-0.2, 0) is 36.9 Å². The van der Waals surface area contributed by atoms with Gasteiger partial charge in [0.05, 0.1) is 35.8 Å². The van der Waals surface area contributed by atoms with Crippen molar-refractivity contribution in [3.05, 3.63) is 52.4 Å². The van der Waals surface area contributed by atoms with Gasteiger partial charge in [0.15, 0.2) is 0 Å². The highest BCUT2D eigenvalue weighted by Crippen LogP contribution is 2.39. The van der Waals surface area contributed by atoms with Crippen LogP contribution in [-0.4, -0.2) is 58.1 Å². The monoisotopic (exact) mass is 613 g/mol. The number of carboxylic acids is 1. The first kappa shape index (κ1) is 31.3. The Morgan fingerprint density at radius 3 is 2.52 bits per heavy atom. The number of benzene rings is 1. The van der Waals surface area contributed by atoms with Crippen molar-refractivity contribution >= 4 is 63.4 Å². The molecule has 1 aromatic heterocycles. The van der Waals surface area contributed by atoms with Gasteiger partial charge in [-0.25, -0.2) is 4.79 Å². The van der Waals surface area contributed by atoms with E-state index in [0.29, 0.717) is 55.0 Å². The van der Waals surface area contributed by atoms with Gasteiger partial charge in [-0.3, -0.25) is 19.2 Å². The summed E-state index contributed by atoms with van der Waals surface area (Å²) in [6.45, 7) is 6.20. The highest BCUT2D eigenvalue weighted by molar-refractivity contribution is 8.00. The Morgan fingerprint density at radius 1 is 1.12 bits per heavy atom. The number of anilines is 2. The third-order valence-electron chi connectivity index (χ3n) is 7.35. The average Bonchev–Trinajstić information content (AvgIpc) is 3.33. The minimum atomic E-state index is -0.991. The molecule has 12 heteroatoms. The SMILES string of the molecule is CCOC(=O)c1c(NC(=O)C(CC)Sc2cccc(NC(=O)C3CC=CCC3C(=O)O)c2)sc2c1CCN(C(C)=O)C2. The van der Waals surface area contributed by atoms with Crippen LogP contribution in [0.25, 0.3) is 0 Å². The maximum Gasteiger partial charge on any atom is 0.341 e. The van der Waals surface area contributed by atoms with Gasteiger partial charge >= 0.3 is 11.9 Å². The number of carboxylic acid groups (broad SMARTS) is 1. The number of rotatable bonds is 10. The van der Waals surface area contributed by atoms with Crippen LogP contribution in [0, 0.1) is 11.8 Å². The summed E-state index contributed by atoms with van der Waals surface area (Å²) in [4.78, 5) is 66.2. The summed E-state index contributed by atoms with van der Waals surface area (Å²) in [5.74, 6) is -3.59. The number of amides is 3. The van der Waals surface area contributed by atoms with Crippen LogP contribution in [0.3, 0.4) is 0 Å². The third-order valence-corrected chi connectivity index (χ3v) is 9.84. The molecule has 1 aliphatic carbocycles. The molecule has 3 N–H and O–H groups in total. The van der Waals surface area contributed by atoms with E-state index >= 15 is 0 Å². The molecule has 3 atom stereocenters. The van der Waals surface area contributed by atoms with E-state index in [4.69, 9.17) is 4.74 Å². The van der Waals surface area contributed by atoms with Gasteiger partial charge in [-0.2, -0.15) is 0 Å². The number of ether oxygens (including phenoxy) is 1. The van der Waals surface area contributed by atoms with Crippen LogP contribution in [0.4, 0.5) is 10.7 Å². The number of carbonyl (C=O) groups is 5. The predicted octanol–water partition coefficient (Wildman–Crippen LogP) is 4.94. The quantitative estimate of drug-likeness (QED) is 0.194. The topological polar surface area (TPSA) is 142 Å². The molecular weight excluding hydrogens is 578 g/mol. The van der Waals surface area contributed by atoms with Crippen LogP contribution >= 0.6 is 23.1 Å². The van der Waals surface area contributed by atoms with Crippen molar-refractivity contribution in [1.29, 1.82) is 0 Å². The Kier molecular flexibility index (Phi) is 10.4. The number of thiophene rings is 1. The zero-order chi connectivity index (χ0) is 30.4. The van der Waals surface area contributed by atoms with E-state index in [1.807, 2.05) is 19.1 Å². The van der Waals surface area contributed by atoms with E-state index in [1.54, 1.807) is 36.1 Å². The second-order valence-corrected chi connectivity index (χ2v) is 12.5. The van der Waals surface area contributed by atoms with Crippen LogP contribution < -0.4 is 10.6 Å². The highest BCUT2D eigenvalue weighted by atomic mass is 32.2. The summed E-state index contributed by atoms with van der Waals surface area (Å²) in [5, 5.41) is 15.2. The lowest BCUT2D eigenvalue weighted by atomic mass is 9.82. The fourth-order valence-corrected chi connectivity index (χ4v) is 7.39. The summed E-state index contributed by atoms with van der Waals surface area (Å²) < 4.78 is 5.30. The fourth-order valence-electron chi connectivity index (χ4n) is 5.12. The number of fused-ring (bicyclic) bond motifs is 1. The van der Waals surface area contributed by atoms with Crippen molar-refractivity contribution in [1.82, 2.24) is 4.90 Å². The standard InChI is InChI=1S/C30H35N3O7S2/c1-4-23(41-19-10-8-9-18(15-19)31-26(35)20-11-6-7-12-21(20)29(37)38)27(36)32-28-25(30(39)40-5-2)22-13-14-33(17(3)34)16-24(22)42-28/h6-10,15,20-21,23H,4-5,11-14,16H2,1-3H3,(H,31,35)(H,32,36)(H,37,38). The summed E-state index contributed by atoms with van der Waals surface area (Å²) in [7, 11) is 0. The molecule has 0 bridgehead atoms. The minimum absolute atomic E-state index is 0.0459. The largest absolute Gasteiger partial charge is 0.481 e. The lowest BCUT2D eigenvalue weighted by Gasteiger charge is -2.25. The zero-order valence-electron chi connectivity index (χ0n) is 23.8. The first-order valence-corrected chi connectivity index (χ1v) is 15.7. The van der Waals surface area contributed by atoms with E-state index in [-0.39, 0.29) is 24.3 Å². The first-order chi connectivity index (χ1) is 20.1. The van der Waals surface area contributed by atoms with Gasteiger partial charge in [0.25, 0.3) is 0 Å². The first-order valence-electron chi connectivity index (χ1n) is 14.0. The van der Waals surface area contributed by atoms with Gasteiger partial charge in [0, 0.05) is 28.9 Å². The van der Waals surface area contributed by atoms with Gasteiger partial charge in [-0.15, -0.1) is 23.1 Å². The number of esters is 1. The van der Waals surface area contributed by atoms with Crippen molar-refractivity contribution in [2.75, 3.05) is 23.8 Å². The molecule has 2 heterocycles. The molecule has 3 unspecified atom stereocenters. The van der Waals surface area contributed by atoms with Gasteiger partial charge in [0.2, 0.25) is 17.7 Å². The molecule has 0 spiro atoms. The lowest BCUT2D eigenvalue weighted by molar-refractivity contribution is -0.146. The van der Waals surface area contributed by atoms with Crippen LogP contribution in [0.5, 0.6) is 0 Å². The summed E-state index contributed by atoms with van der Waals surface area (Å²) in [5.41, 5.74) is 1.69. The average molecular weight is 614 g/mol. The second-order valence-electron chi connectivity index (χ2n) is 10.1. The van der Waals surface area contributed by atoms with Gasteiger partial charge in [-0.05, 0) is 56.4 Å². The molecule has 4 rings (SSSR count). The molecule has 42 heavy (non-hydrogen) atoms. The normalized spacial score (nSPS) is 18.5. The summed E-state index contributed by atoms with van der Waals surface area (Å²) >= 11 is 2.62. The van der Waals surface area contributed by atoms with Crippen molar-refractivity contribution in [3.8, 4) is 0 Å². The molecule has 0 saturated heterocycles. The molecule has 10 nitrogen and oxygen atoms in total. The smallest absolute Gasteiger partial charge is 0.341 e. The summed E-state index contributed by atoms with van der Waals surface area (Å²) in [6.07, 6.45) is 5.30. The number of allylic oxidation sites excluding steroid dienone is 2. The van der Waals surface area contributed by atoms with Crippen molar-refractivity contribution < 1.29 is 33.8 Å². The van der Waals surface area contributed by atoms with Crippen molar-refractivity contribution in [2.24, 2.45) is 11.8 Å². The van der Waals surface area contributed by atoms with E-state index in [0.717, 1.165) is 15.3 Å². The van der Waals surface area contributed by atoms with Crippen LogP contribution in [0.1, 0.15) is 60.8 Å². The Hall–Kier alpha value is -3.64. The molecule has 1 aliphatic heterocycles. The lowest BCUT2D eigenvalue weighted by Crippen LogP contribution is -2.34. The van der Waals surface area contributed by atoms with E-state index in [9.17, 15) is 29.1 Å². The van der Waals surface area contributed by atoms with E-state index < -0.39 is 29.0 Å². The van der Waals surface area contributed by atoms with Crippen molar-refractivity contribution in [2.45, 2.75) is 63.1 Å². The van der Waals surface area contributed by atoms with E-state index in [1.165, 1.54) is 30.0 Å². The zero-order valence-corrected chi connectivity index (χ0v) is 25.4. The van der Waals surface area contributed by atoms with Crippen molar-refractivity contribution in [3.63, 3.8) is 0 Å². The molecular formula is C30H35N3O7S2. The number of aliphatic carboxylic acids is 1. The minimum Gasteiger partial charge on any atom is -0.481 e. The number of hydrogen-bond acceptors (Lipinski definition) is 8. The number of thioether (sulfide) groups is 1. The molecule has 2 aliphatic rings. The number of nitrogens with zero attached hydrogens (tertiary/aromatic N) is 1. The van der Waals surface area contributed by atoms with E-state index in [2.05, 4.69) is 10.6 Å². The Bertz CT molecular complexity index is 1400. The number of hydrogen-bond donors (Lipinski definition) is 3. The Balaban J connectivity index is 1.48. The highest BCUT2D eigenvalue weighted by Gasteiger charge is 2.34. The molecule has 1 aromatic carbocycles. The molecule has 0 saturated carbocycles. The van der Waals surface area contributed by atoms with Gasteiger partial charge < -0.3 is 25.4 Å². The van der Waals surface area contributed by atoms with Gasteiger partial charge in [-0.1, -0.05) is 25.1 Å². The van der Waals surface area contributed by atoms with Crippen LogP contribution in [0.2, 0.25) is 0 Å². The maximum absolute atomic E-state index is 13.5. The Morgan fingerprint density at radius 2 is 1.86 bits per heavy atom. The van der Waals surface area contributed by atoms with Crippen LogP contribution in [0.15, 0.2) is 41.3 Å². The molecule has 3 amide bonds. The molecule has 0 fully saturated rings. The third kappa shape index (κ3) is 7.22. The predicted molar refractivity (Wildman–Crippen MR) is 162 cm³/mol.